The van der Waals surface area contributed by atoms with Gasteiger partial charge in [-0.25, -0.2) is 4.98 Å². The summed E-state index contributed by atoms with van der Waals surface area (Å²) >= 11 is 18.7. The molecule has 0 saturated carbocycles. The lowest BCUT2D eigenvalue weighted by molar-refractivity contribution is -0.134. The van der Waals surface area contributed by atoms with Gasteiger partial charge in [-0.3, -0.25) is 9.59 Å². The molecule has 0 bridgehead atoms. The van der Waals surface area contributed by atoms with Crippen LogP contribution in [0.4, 0.5) is 0 Å². The molecule has 0 aliphatic carbocycles. The highest BCUT2D eigenvalue weighted by molar-refractivity contribution is 6.36. The van der Waals surface area contributed by atoms with E-state index >= 15 is 0 Å². The van der Waals surface area contributed by atoms with E-state index in [2.05, 4.69) is 10.3 Å². The number of hydrogen-bond donors (Lipinski definition) is 1. The van der Waals surface area contributed by atoms with E-state index < -0.39 is 0 Å². The number of likely N-dealkylation sites (tertiary alicyclic amines) is 1. The molecule has 2 saturated heterocycles. The van der Waals surface area contributed by atoms with Crippen molar-refractivity contribution in [3.63, 3.8) is 0 Å². The third-order valence-corrected chi connectivity index (χ3v) is 8.67. The Morgan fingerprint density at radius 1 is 1.00 bits per heavy atom. The van der Waals surface area contributed by atoms with Gasteiger partial charge < -0.3 is 14.6 Å². The first-order chi connectivity index (χ1) is 17.8. The third kappa shape index (κ3) is 5.17. The Kier molecular flexibility index (Phi) is 7.64. The van der Waals surface area contributed by atoms with E-state index in [-0.39, 0.29) is 23.0 Å². The van der Waals surface area contributed by atoms with Crippen molar-refractivity contribution in [2.45, 2.75) is 32.6 Å². The quantitative estimate of drug-likeness (QED) is 0.372. The summed E-state index contributed by atoms with van der Waals surface area (Å²) in [4.78, 5) is 32.8. The summed E-state index contributed by atoms with van der Waals surface area (Å²) in [5, 5.41) is 4.87. The maximum Gasteiger partial charge on any atom is 0.309 e. The molecular weight excluding hydrogens is 533 g/mol. The van der Waals surface area contributed by atoms with Crippen LogP contribution >= 0.6 is 34.8 Å². The topological polar surface area (TPSA) is 75.4 Å². The van der Waals surface area contributed by atoms with Gasteiger partial charge in [0.2, 0.25) is 0 Å². The second-order valence-electron chi connectivity index (χ2n) is 9.86. The number of aromatic nitrogens is 1. The first-order valence-electron chi connectivity index (χ1n) is 12.5. The predicted octanol–water partition coefficient (Wildman–Crippen LogP) is 6.78. The molecule has 0 atom stereocenters. The number of Topliss-reactive ketones (excluding diaryl/α,β-unsaturated/α-hetero) is 1. The largest absolute Gasteiger partial charge is 0.432 e. The zero-order valence-corrected chi connectivity index (χ0v) is 22.8. The van der Waals surface area contributed by atoms with E-state index in [9.17, 15) is 9.59 Å². The van der Waals surface area contributed by atoms with Crippen molar-refractivity contribution in [1.82, 2.24) is 15.2 Å². The number of halogens is 3. The molecule has 1 N–H and O–H groups in total. The van der Waals surface area contributed by atoms with E-state index in [0.717, 1.165) is 31.5 Å². The number of hydrogen-bond acceptors (Lipinski definition) is 5. The summed E-state index contributed by atoms with van der Waals surface area (Å²) in [6, 6.07) is 12.2. The molecule has 0 unspecified atom stereocenters. The first-order valence-corrected chi connectivity index (χ1v) is 13.6. The summed E-state index contributed by atoms with van der Waals surface area (Å²) in [6.45, 7) is 4.54. The van der Waals surface area contributed by atoms with Gasteiger partial charge in [0.05, 0.1) is 5.02 Å². The summed E-state index contributed by atoms with van der Waals surface area (Å²) in [5.74, 6) is 0.693. The van der Waals surface area contributed by atoms with Crippen LogP contribution in [0.3, 0.4) is 0 Å². The number of carbonyl (C=O) groups is 2. The lowest BCUT2D eigenvalue weighted by atomic mass is 9.63. The van der Waals surface area contributed by atoms with Crippen LogP contribution in [0.15, 0.2) is 46.9 Å². The Bertz CT molecular complexity index is 1310. The SMILES string of the molecule is CC(=O)C1(C2CCNCC2)CCN(C(=O)c2nc(-c3ccc(Cl)cc3Cl)c(-c3ccc(Cl)cc3)o2)CC1. The van der Waals surface area contributed by atoms with Crippen LogP contribution in [0.1, 0.15) is 43.3 Å². The standard InChI is InChI=1S/C28H28Cl3N3O3/c1-17(35)28(19-8-12-32-13-9-19)10-14-34(15-11-28)27(36)26-33-24(22-7-6-21(30)16-23(22)31)25(37-26)18-2-4-20(29)5-3-18/h2-7,16,19,32H,8-15H2,1H3. The fourth-order valence-electron chi connectivity index (χ4n) is 5.74. The van der Waals surface area contributed by atoms with Crippen LogP contribution in [0.25, 0.3) is 22.6 Å². The molecule has 9 heteroatoms. The van der Waals surface area contributed by atoms with E-state index in [0.29, 0.717) is 63.9 Å². The van der Waals surface area contributed by atoms with Crippen LogP contribution in [-0.2, 0) is 4.79 Å². The number of piperidine rings is 2. The Labute approximate surface area is 231 Å². The molecule has 2 aliphatic rings. The Hall–Kier alpha value is -2.38. The van der Waals surface area contributed by atoms with E-state index in [1.165, 1.54) is 0 Å². The summed E-state index contributed by atoms with van der Waals surface area (Å²) in [7, 11) is 0. The van der Waals surface area contributed by atoms with Crippen LogP contribution < -0.4 is 5.32 Å². The minimum absolute atomic E-state index is 0.0110. The lowest BCUT2D eigenvalue weighted by Gasteiger charge is -2.46. The summed E-state index contributed by atoms with van der Waals surface area (Å²) in [5.41, 5.74) is 1.42. The van der Waals surface area contributed by atoms with Gasteiger partial charge in [-0.15, -0.1) is 0 Å². The maximum absolute atomic E-state index is 13.6. The van der Waals surface area contributed by atoms with Crippen molar-refractivity contribution in [2.24, 2.45) is 11.3 Å². The molecule has 1 amide bonds. The van der Waals surface area contributed by atoms with Crippen molar-refractivity contribution in [2.75, 3.05) is 26.2 Å². The Balaban J connectivity index is 1.44. The molecule has 5 rings (SSSR count). The first kappa shape index (κ1) is 26.2. The average molecular weight is 561 g/mol. The highest BCUT2D eigenvalue weighted by Crippen LogP contribution is 2.44. The number of amides is 1. The van der Waals surface area contributed by atoms with E-state index in [1.54, 1.807) is 42.2 Å². The van der Waals surface area contributed by atoms with E-state index in [1.807, 2.05) is 12.1 Å². The smallest absolute Gasteiger partial charge is 0.309 e. The van der Waals surface area contributed by atoms with Crippen LogP contribution in [-0.4, -0.2) is 47.8 Å². The van der Waals surface area contributed by atoms with Crippen LogP contribution in [0.5, 0.6) is 0 Å². The van der Waals surface area contributed by atoms with Crippen molar-refractivity contribution in [3.8, 4) is 22.6 Å². The lowest BCUT2D eigenvalue weighted by Crippen LogP contribution is -2.51. The summed E-state index contributed by atoms with van der Waals surface area (Å²) in [6.07, 6.45) is 3.28. The van der Waals surface area contributed by atoms with Gasteiger partial charge in [0.1, 0.15) is 11.5 Å². The Morgan fingerprint density at radius 2 is 1.65 bits per heavy atom. The van der Waals surface area contributed by atoms with Crippen molar-refractivity contribution in [3.05, 3.63) is 63.4 Å². The fraction of sp³-hybridized carbons (Fsp3) is 0.393. The van der Waals surface area contributed by atoms with Gasteiger partial charge in [-0.05, 0) is 94.1 Å². The van der Waals surface area contributed by atoms with Crippen molar-refractivity contribution in [1.29, 1.82) is 0 Å². The number of carbonyl (C=O) groups excluding carboxylic acids is 2. The van der Waals surface area contributed by atoms with Gasteiger partial charge in [0.15, 0.2) is 5.76 Å². The average Bonchev–Trinajstić information content (AvgIpc) is 3.34. The number of ketones is 1. The number of benzene rings is 2. The molecule has 1 aromatic heterocycles. The third-order valence-electron chi connectivity index (χ3n) is 7.87. The zero-order valence-electron chi connectivity index (χ0n) is 20.5. The zero-order chi connectivity index (χ0) is 26.2. The maximum atomic E-state index is 13.6. The van der Waals surface area contributed by atoms with Crippen molar-refractivity contribution < 1.29 is 14.0 Å². The monoisotopic (exact) mass is 559 g/mol. The molecular formula is C28H28Cl3N3O3. The molecule has 0 radical (unpaired) electrons. The number of rotatable bonds is 5. The van der Waals surface area contributed by atoms with Gasteiger partial charge in [-0.2, -0.15) is 0 Å². The molecule has 194 valence electrons. The van der Waals surface area contributed by atoms with Gasteiger partial charge in [-0.1, -0.05) is 34.8 Å². The van der Waals surface area contributed by atoms with Gasteiger partial charge in [0, 0.05) is 39.7 Å². The molecule has 2 aromatic carbocycles. The molecule has 0 spiro atoms. The minimum atomic E-state index is -0.369. The molecule has 37 heavy (non-hydrogen) atoms. The van der Waals surface area contributed by atoms with Gasteiger partial charge in [0.25, 0.3) is 5.89 Å². The molecule has 3 heterocycles. The minimum Gasteiger partial charge on any atom is -0.432 e. The highest BCUT2D eigenvalue weighted by Gasteiger charge is 2.46. The van der Waals surface area contributed by atoms with Crippen molar-refractivity contribution >= 4 is 46.5 Å². The van der Waals surface area contributed by atoms with Gasteiger partial charge >= 0.3 is 5.91 Å². The summed E-state index contributed by atoms with van der Waals surface area (Å²) < 4.78 is 6.10. The predicted molar refractivity (Wildman–Crippen MR) is 146 cm³/mol. The molecule has 6 nitrogen and oxygen atoms in total. The second-order valence-corrected chi connectivity index (χ2v) is 11.1. The van der Waals surface area contributed by atoms with Crippen LogP contribution in [0, 0.1) is 11.3 Å². The fourth-order valence-corrected chi connectivity index (χ4v) is 6.36. The number of nitrogens with zero attached hydrogens (tertiary/aromatic N) is 2. The molecule has 3 aromatic rings. The van der Waals surface area contributed by atoms with E-state index in [4.69, 9.17) is 39.2 Å². The molecule has 2 fully saturated rings. The Morgan fingerprint density at radius 3 is 2.27 bits per heavy atom. The second kappa shape index (κ2) is 10.8. The number of oxazole rings is 1. The molecule has 2 aliphatic heterocycles. The van der Waals surface area contributed by atoms with Crippen LogP contribution in [0.2, 0.25) is 15.1 Å². The number of nitrogens with one attached hydrogen (secondary N) is 1. The normalized spacial score (nSPS) is 18.1. The highest BCUT2D eigenvalue weighted by atomic mass is 35.5.